The van der Waals surface area contributed by atoms with E-state index in [1.54, 1.807) is 26.0 Å². The van der Waals surface area contributed by atoms with Crippen LogP contribution in [0, 0.1) is 0 Å². The number of amides is 2. The second-order valence-corrected chi connectivity index (χ2v) is 4.75. The number of anilines is 1. The van der Waals surface area contributed by atoms with Crippen LogP contribution in [0.2, 0.25) is 0 Å². The zero-order valence-corrected chi connectivity index (χ0v) is 11.5. The Balaban J connectivity index is 2.00. The number of hydrogen-bond donors (Lipinski definition) is 2. The fraction of sp³-hybridized carbons (Fsp3) is 0.357. The largest absolute Gasteiger partial charge is 0.447 e. The molecule has 1 aliphatic rings. The van der Waals surface area contributed by atoms with Crippen molar-refractivity contribution < 1.29 is 14.3 Å². The lowest BCUT2D eigenvalue weighted by molar-refractivity contribution is -0.121. The van der Waals surface area contributed by atoms with Crippen LogP contribution in [-0.2, 0) is 9.53 Å². The molecule has 2 rings (SSSR count). The molecule has 0 aromatic heterocycles. The van der Waals surface area contributed by atoms with Crippen molar-refractivity contribution in [2.24, 2.45) is 5.10 Å². The summed E-state index contributed by atoms with van der Waals surface area (Å²) in [7, 11) is 0. The fourth-order valence-electron chi connectivity index (χ4n) is 1.79. The van der Waals surface area contributed by atoms with Gasteiger partial charge in [0.15, 0.2) is 0 Å². The van der Waals surface area contributed by atoms with E-state index < -0.39 is 6.09 Å². The first-order chi connectivity index (χ1) is 9.54. The Bertz CT molecular complexity index is 535. The maximum Gasteiger partial charge on any atom is 0.411 e. The minimum absolute atomic E-state index is 0.0662. The van der Waals surface area contributed by atoms with Gasteiger partial charge >= 0.3 is 6.09 Å². The third kappa shape index (κ3) is 3.81. The number of carbonyl (C=O) groups is 2. The number of hydrogen-bond acceptors (Lipinski definition) is 4. The molecule has 0 unspecified atom stereocenters. The molecule has 1 aromatic carbocycles. The van der Waals surface area contributed by atoms with Gasteiger partial charge in [0.1, 0.15) is 0 Å². The molecule has 6 heteroatoms. The average Bonchev–Trinajstić information content (AvgIpc) is 2.39. The van der Waals surface area contributed by atoms with Crippen molar-refractivity contribution in [3.63, 3.8) is 0 Å². The third-order valence-electron chi connectivity index (χ3n) is 2.71. The standard InChI is InChI=1S/C14H17N3O3/c1-9(2)20-14(19)15-11-5-3-10(4-6-11)12-7-8-13(18)17-16-12/h3-6,9H,7-8H2,1-2H3,(H,15,19)(H,17,18). The molecule has 0 saturated heterocycles. The smallest absolute Gasteiger partial charge is 0.411 e. The molecule has 1 aliphatic heterocycles. The summed E-state index contributed by atoms with van der Waals surface area (Å²) in [4.78, 5) is 22.5. The lowest BCUT2D eigenvalue weighted by Crippen LogP contribution is -2.25. The van der Waals surface area contributed by atoms with E-state index in [4.69, 9.17) is 4.74 Å². The van der Waals surface area contributed by atoms with E-state index in [0.29, 0.717) is 18.5 Å². The lowest BCUT2D eigenvalue weighted by Gasteiger charge is -2.13. The SMILES string of the molecule is CC(C)OC(=O)Nc1ccc(C2=NNC(=O)CC2)cc1. The van der Waals surface area contributed by atoms with E-state index in [0.717, 1.165) is 11.3 Å². The van der Waals surface area contributed by atoms with Gasteiger partial charge in [0.05, 0.1) is 11.8 Å². The second-order valence-electron chi connectivity index (χ2n) is 4.75. The monoisotopic (exact) mass is 275 g/mol. The van der Waals surface area contributed by atoms with Crippen molar-refractivity contribution >= 4 is 23.4 Å². The third-order valence-corrected chi connectivity index (χ3v) is 2.71. The Kier molecular flexibility index (Phi) is 4.34. The van der Waals surface area contributed by atoms with Gasteiger partial charge in [-0.05, 0) is 31.5 Å². The number of nitrogens with zero attached hydrogens (tertiary/aromatic N) is 1. The van der Waals surface area contributed by atoms with Crippen molar-refractivity contribution in [1.29, 1.82) is 0 Å². The lowest BCUT2D eigenvalue weighted by atomic mass is 10.0. The Morgan fingerprint density at radius 1 is 1.30 bits per heavy atom. The molecular formula is C14H17N3O3. The van der Waals surface area contributed by atoms with Crippen molar-refractivity contribution in [2.75, 3.05) is 5.32 Å². The predicted octanol–water partition coefficient (Wildman–Crippen LogP) is 2.26. The minimum Gasteiger partial charge on any atom is -0.447 e. The Morgan fingerprint density at radius 3 is 2.55 bits per heavy atom. The summed E-state index contributed by atoms with van der Waals surface area (Å²) in [5.74, 6) is -0.0662. The van der Waals surface area contributed by atoms with Crippen molar-refractivity contribution in [3.8, 4) is 0 Å². The van der Waals surface area contributed by atoms with Crippen molar-refractivity contribution in [2.45, 2.75) is 32.8 Å². The van der Waals surface area contributed by atoms with Crippen LogP contribution >= 0.6 is 0 Å². The maximum absolute atomic E-state index is 11.4. The van der Waals surface area contributed by atoms with Crippen molar-refractivity contribution in [1.82, 2.24) is 5.43 Å². The molecule has 0 radical (unpaired) electrons. The number of rotatable bonds is 3. The van der Waals surface area contributed by atoms with E-state index in [-0.39, 0.29) is 12.0 Å². The molecule has 0 saturated carbocycles. The molecule has 2 N–H and O–H groups in total. The zero-order valence-electron chi connectivity index (χ0n) is 11.5. The Labute approximate surface area is 117 Å². The molecule has 0 atom stereocenters. The van der Waals surface area contributed by atoms with E-state index in [9.17, 15) is 9.59 Å². The number of hydrazone groups is 1. The number of benzene rings is 1. The summed E-state index contributed by atoms with van der Waals surface area (Å²) in [6, 6.07) is 7.24. The quantitative estimate of drug-likeness (QED) is 0.888. The molecule has 0 spiro atoms. The van der Waals surface area contributed by atoms with Crippen LogP contribution in [0.3, 0.4) is 0 Å². The highest BCUT2D eigenvalue weighted by atomic mass is 16.6. The zero-order chi connectivity index (χ0) is 14.5. The van der Waals surface area contributed by atoms with Crippen molar-refractivity contribution in [3.05, 3.63) is 29.8 Å². The minimum atomic E-state index is -0.477. The summed E-state index contributed by atoms with van der Waals surface area (Å²) in [6.45, 7) is 3.58. The predicted molar refractivity (Wildman–Crippen MR) is 75.6 cm³/mol. The number of nitrogens with one attached hydrogen (secondary N) is 2. The maximum atomic E-state index is 11.4. The van der Waals surface area contributed by atoms with E-state index in [1.165, 1.54) is 0 Å². The van der Waals surface area contributed by atoms with Crippen LogP contribution in [0.1, 0.15) is 32.3 Å². The first kappa shape index (κ1) is 14.0. The Morgan fingerprint density at radius 2 is 2.00 bits per heavy atom. The fourth-order valence-corrected chi connectivity index (χ4v) is 1.79. The highest BCUT2D eigenvalue weighted by Gasteiger charge is 2.13. The molecule has 0 bridgehead atoms. The molecule has 0 fully saturated rings. The highest BCUT2D eigenvalue weighted by molar-refractivity contribution is 6.04. The van der Waals surface area contributed by atoms with Crippen LogP contribution in [0.15, 0.2) is 29.4 Å². The molecule has 1 aromatic rings. The molecule has 6 nitrogen and oxygen atoms in total. The first-order valence-corrected chi connectivity index (χ1v) is 6.48. The Hall–Kier alpha value is -2.37. The van der Waals surface area contributed by atoms with Gasteiger partial charge in [-0.15, -0.1) is 0 Å². The van der Waals surface area contributed by atoms with E-state index >= 15 is 0 Å². The van der Waals surface area contributed by atoms with Gasteiger partial charge in [0.2, 0.25) is 5.91 Å². The van der Waals surface area contributed by atoms with Crippen LogP contribution < -0.4 is 10.7 Å². The average molecular weight is 275 g/mol. The molecule has 1 heterocycles. The summed E-state index contributed by atoms with van der Waals surface area (Å²) in [5, 5.41) is 6.66. The molecule has 106 valence electrons. The van der Waals surface area contributed by atoms with Gasteiger partial charge in [0, 0.05) is 18.5 Å². The number of ether oxygens (including phenoxy) is 1. The van der Waals surface area contributed by atoms with E-state index in [1.807, 2.05) is 12.1 Å². The number of carbonyl (C=O) groups excluding carboxylic acids is 2. The summed E-state index contributed by atoms with van der Waals surface area (Å²) >= 11 is 0. The molecule has 2 amide bonds. The van der Waals surface area contributed by atoms with E-state index in [2.05, 4.69) is 15.8 Å². The van der Waals surface area contributed by atoms with Crippen LogP contribution in [-0.4, -0.2) is 23.8 Å². The molecular weight excluding hydrogens is 258 g/mol. The normalized spacial score (nSPS) is 14.6. The second kappa shape index (κ2) is 6.18. The van der Waals surface area contributed by atoms with Crippen LogP contribution in [0.4, 0.5) is 10.5 Å². The van der Waals surface area contributed by atoms with Gasteiger partial charge in [-0.1, -0.05) is 12.1 Å². The van der Waals surface area contributed by atoms with Gasteiger partial charge < -0.3 is 4.74 Å². The van der Waals surface area contributed by atoms with Gasteiger partial charge in [0.25, 0.3) is 0 Å². The van der Waals surface area contributed by atoms with Gasteiger partial charge in [-0.25, -0.2) is 10.2 Å². The topological polar surface area (TPSA) is 79.8 Å². The summed E-state index contributed by atoms with van der Waals surface area (Å²) < 4.78 is 4.99. The summed E-state index contributed by atoms with van der Waals surface area (Å²) in [6.07, 6.45) is 0.428. The first-order valence-electron chi connectivity index (χ1n) is 6.48. The van der Waals surface area contributed by atoms with Crippen LogP contribution in [0.25, 0.3) is 0 Å². The van der Waals surface area contributed by atoms with Gasteiger partial charge in [-0.2, -0.15) is 5.10 Å². The van der Waals surface area contributed by atoms with Gasteiger partial charge in [-0.3, -0.25) is 10.1 Å². The molecule has 0 aliphatic carbocycles. The molecule has 20 heavy (non-hydrogen) atoms. The van der Waals surface area contributed by atoms with Crippen LogP contribution in [0.5, 0.6) is 0 Å². The highest BCUT2D eigenvalue weighted by Crippen LogP contribution is 2.14. The summed E-state index contributed by atoms with van der Waals surface area (Å²) in [5.41, 5.74) is 4.87.